The molecule has 0 saturated carbocycles. The molecule has 0 aromatic heterocycles. The average molecular weight is 869 g/mol. The van der Waals surface area contributed by atoms with Gasteiger partial charge in [0.25, 0.3) is 0 Å². The molecule has 0 saturated heterocycles. The molecular formula is C35H38HgO5S2Zn. The largest absolute Gasteiger partial charge is 0.289 e. The van der Waals surface area contributed by atoms with Crippen LogP contribution in [0.1, 0.15) is 84.4 Å². The molecule has 0 radical (unpaired) electrons. The number of carbonyl (C=O) groups is 1. The summed E-state index contributed by atoms with van der Waals surface area (Å²) in [7, 11) is -6.99. The van der Waals surface area contributed by atoms with E-state index in [0.717, 1.165) is 47.1 Å². The number of carbonyl (C=O) groups excluding carboxylic acids is 1. The molecule has 0 unspecified atom stereocenters. The first kappa shape index (κ1) is 38.2. The topological polar surface area (TPSA) is 85.3 Å². The Bertz CT molecular complexity index is 1920. The summed E-state index contributed by atoms with van der Waals surface area (Å²) in [5.41, 5.74) is 6.37. The van der Waals surface area contributed by atoms with Crippen molar-refractivity contribution in [2.24, 2.45) is 0 Å². The molecule has 0 N–H and O–H groups in total. The smallest absolute Gasteiger partial charge is 0.208 e. The monoisotopic (exact) mass is 868 g/mol. The molecule has 0 aliphatic carbocycles. The van der Waals surface area contributed by atoms with E-state index >= 15 is 0 Å². The van der Waals surface area contributed by atoms with Crippen LogP contribution in [-0.2, 0) is 98.9 Å². The quantitative estimate of drug-likeness (QED) is 0.173. The number of benzene rings is 4. The van der Waals surface area contributed by atoms with Crippen molar-refractivity contribution in [3.05, 3.63) is 117 Å². The second-order valence-corrected chi connectivity index (χ2v) is 14.1. The minimum atomic E-state index is -3.62. The van der Waals surface area contributed by atoms with Crippen LogP contribution in [0.5, 0.6) is 0 Å². The van der Waals surface area contributed by atoms with E-state index in [1.807, 2.05) is 45.0 Å². The fraction of sp³-hybridized carbons (Fsp3) is 0.286. The van der Waals surface area contributed by atoms with Crippen molar-refractivity contribution in [2.75, 3.05) is 0 Å². The van der Waals surface area contributed by atoms with Gasteiger partial charge in [-0.05, 0) is 83.3 Å². The zero-order valence-corrected chi connectivity index (χ0v) is 35.3. The van der Waals surface area contributed by atoms with Crippen LogP contribution in [0.3, 0.4) is 0 Å². The number of hydrogen-bond donors (Lipinski definition) is 0. The molecule has 2 aliphatic heterocycles. The molecule has 6 rings (SSSR count). The van der Waals surface area contributed by atoms with Gasteiger partial charge in [-0.15, -0.1) is 0 Å². The summed E-state index contributed by atoms with van der Waals surface area (Å²) >= 11 is 0. The van der Waals surface area contributed by atoms with E-state index < -0.39 is 19.7 Å². The molecule has 0 spiro atoms. The van der Waals surface area contributed by atoms with Gasteiger partial charge in [0, 0.05) is 64.7 Å². The molecule has 4 aromatic carbocycles. The predicted octanol–water partition coefficient (Wildman–Crippen LogP) is 7.37. The first-order chi connectivity index (χ1) is 19.6. The molecule has 0 atom stereocenters. The first-order valence-corrected chi connectivity index (χ1v) is 17.1. The van der Waals surface area contributed by atoms with Crippen molar-refractivity contribution < 1.29 is 68.8 Å². The van der Waals surface area contributed by atoms with Crippen LogP contribution in [0.15, 0.2) is 92.4 Å². The second kappa shape index (κ2) is 15.1. The minimum Gasteiger partial charge on any atom is -0.289 e. The van der Waals surface area contributed by atoms with Crippen LogP contribution in [0, 0.1) is 0 Å². The van der Waals surface area contributed by atoms with Gasteiger partial charge >= 0.3 is 0 Å². The Morgan fingerprint density at radius 1 is 0.591 bits per heavy atom. The van der Waals surface area contributed by atoms with Crippen molar-refractivity contribution in [1.82, 2.24) is 0 Å². The van der Waals surface area contributed by atoms with Gasteiger partial charge in [-0.3, -0.25) is 4.79 Å². The van der Waals surface area contributed by atoms with Crippen molar-refractivity contribution >= 4 is 25.5 Å². The van der Waals surface area contributed by atoms with Crippen LogP contribution in [0.25, 0.3) is 0 Å². The van der Waals surface area contributed by atoms with Crippen LogP contribution >= 0.6 is 0 Å². The number of fused-ring (bicyclic) bond motifs is 4. The fourth-order valence-corrected chi connectivity index (χ4v) is 9.75. The van der Waals surface area contributed by atoms with Crippen molar-refractivity contribution in [3.8, 4) is 0 Å². The van der Waals surface area contributed by atoms with E-state index in [4.69, 9.17) is 0 Å². The van der Waals surface area contributed by atoms with E-state index in [1.165, 1.54) is 11.6 Å². The molecule has 224 valence electrons. The maximum absolute atomic E-state index is 12.9. The predicted molar refractivity (Wildman–Crippen MR) is 167 cm³/mol. The molecule has 4 aromatic rings. The molecule has 2 heterocycles. The van der Waals surface area contributed by atoms with Crippen LogP contribution in [0.4, 0.5) is 0 Å². The third-order valence-electron chi connectivity index (χ3n) is 7.95. The Balaban J connectivity index is 0.000000287. The van der Waals surface area contributed by atoms with Crippen LogP contribution < -0.4 is 0 Å². The summed E-state index contributed by atoms with van der Waals surface area (Å²) in [6.45, 7) is 8.03. The van der Waals surface area contributed by atoms with Gasteiger partial charge < -0.3 is 0 Å². The van der Waals surface area contributed by atoms with Crippen LogP contribution in [-0.4, -0.2) is 22.6 Å². The summed E-state index contributed by atoms with van der Waals surface area (Å²) in [4.78, 5) is 14.0. The zero-order valence-electron chi connectivity index (χ0n) is 25.2. The first-order valence-electron chi connectivity index (χ1n) is 14.1. The second-order valence-electron chi connectivity index (χ2n) is 10.4. The summed E-state index contributed by atoms with van der Waals surface area (Å²) in [5.74, 6) is -0.194. The van der Waals surface area contributed by atoms with Gasteiger partial charge in [0.05, 0.1) is 19.6 Å². The number of sulfone groups is 2. The van der Waals surface area contributed by atoms with Crippen molar-refractivity contribution in [3.63, 3.8) is 0 Å². The van der Waals surface area contributed by atoms with E-state index in [9.17, 15) is 21.6 Å². The molecule has 9 heteroatoms. The SMILES string of the molecule is C.CCc1cc(CC)c2c(c1)C(=O)c1ccccc1S2(=O)=O.CCc1cc(CC)c2c(c1)Cc1ccccc1S2(=O)=O.[Hg].[Zn]. The van der Waals surface area contributed by atoms with E-state index in [2.05, 4.69) is 13.0 Å². The normalized spacial score (nSPS) is 14.4. The average Bonchev–Trinajstić information content (AvgIpc) is 2.99. The minimum absolute atomic E-state index is 0. The van der Waals surface area contributed by atoms with Gasteiger partial charge in [-0.2, -0.15) is 0 Å². The summed E-state index contributed by atoms with van der Waals surface area (Å²) in [6.07, 6.45) is 3.76. The Morgan fingerprint density at radius 3 is 1.68 bits per heavy atom. The van der Waals surface area contributed by atoms with Crippen molar-refractivity contribution in [2.45, 2.75) is 86.8 Å². The number of rotatable bonds is 4. The zero-order chi connectivity index (χ0) is 29.5. The van der Waals surface area contributed by atoms with E-state index in [-0.39, 0.29) is 75.7 Å². The third-order valence-corrected chi connectivity index (χ3v) is 11.9. The van der Waals surface area contributed by atoms with Gasteiger partial charge in [0.2, 0.25) is 19.7 Å². The number of hydrogen-bond acceptors (Lipinski definition) is 5. The Morgan fingerprint density at radius 2 is 1.09 bits per heavy atom. The molecular weight excluding hydrogens is 830 g/mol. The third kappa shape index (κ3) is 6.60. The Labute approximate surface area is 296 Å². The van der Waals surface area contributed by atoms with Gasteiger partial charge in [-0.25, -0.2) is 16.8 Å². The molecule has 44 heavy (non-hydrogen) atoms. The van der Waals surface area contributed by atoms with E-state index in [0.29, 0.717) is 28.2 Å². The van der Waals surface area contributed by atoms with Gasteiger partial charge in [0.15, 0.2) is 5.78 Å². The molecule has 2 aliphatic rings. The summed E-state index contributed by atoms with van der Waals surface area (Å²) in [6, 6.07) is 21.5. The summed E-state index contributed by atoms with van der Waals surface area (Å²) < 4.78 is 51.5. The van der Waals surface area contributed by atoms with Crippen molar-refractivity contribution in [1.29, 1.82) is 0 Å². The fourth-order valence-electron chi connectivity index (χ4n) is 5.85. The van der Waals surface area contributed by atoms with Crippen LogP contribution in [0.2, 0.25) is 0 Å². The van der Waals surface area contributed by atoms with E-state index in [1.54, 1.807) is 36.4 Å². The van der Waals surface area contributed by atoms with Gasteiger partial charge in [-0.1, -0.05) is 83.7 Å². The Kier molecular flexibility index (Phi) is 13.1. The molecule has 5 nitrogen and oxygen atoms in total. The number of ketones is 1. The maximum Gasteiger partial charge on any atom is 0.208 e. The standard InChI is InChI=1S/C17H16O3S.C17H18O2S.CH4.Hg.Zn/c1-3-11-9-12(4-2)17-14(10-11)16(18)13-7-5-6-8-15(13)21(17,19)20;1-3-12-9-13(4-2)17-15(10-12)11-14-7-5-6-8-16(14)20(17,18)19;;;/h5-10H,3-4H2,1-2H3;5-10H,3-4,11H2,1-2H3;1H4;;. The number of aryl methyl sites for hydroxylation is 4. The maximum atomic E-state index is 12.9. The van der Waals surface area contributed by atoms with Gasteiger partial charge in [0.1, 0.15) is 0 Å². The Hall–Kier alpha value is -1.99. The molecule has 0 amide bonds. The molecule has 0 bridgehead atoms. The molecule has 0 fully saturated rings. The summed E-state index contributed by atoms with van der Waals surface area (Å²) in [5, 5.41) is 0.